The summed E-state index contributed by atoms with van der Waals surface area (Å²) >= 11 is 0. The highest BCUT2D eigenvalue weighted by atomic mass is 16.5. The molecule has 3 rings (SSSR count). The van der Waals surface area contributed by atoms with E-state index in [4.69, 9.17) is 13.9 Å². The van der Waals surface area contributed by atoms with E-state index < -0.39 is 13.1 Å². The molecule has 0 saturated heterocycles. The number of ether oxygens (including phenoxy) is 2. The normalized spacial score (nSPS) is 13.2. The van der Waals surface area contributed by atoms with Crippen molar-refractivity contribution in [3.05, 3.63) is 65.9 Å². The van der Waals surface area contributed by atoms with Gasteiger partial charge < -0.3 is 23.9 Å². The van der Waals surface area contributed by atoms with Gasteiger partial charge in [0.05, 0.1) is 20.1 Å². The zero-order chi connectivity index (χ0) is 26.5. The van der Waals surface area contributed by atoms with Gasteiger partial charge >= 0.3 is 7.12 Å². The first-order chi connectivity index (χ1) is 18.0. The van der Waals surface area contributed by atoms with Crippen molar-refractivity contribution in [2.45, 2.75) is 58.3 Å². The second kappa shape index (κ2) is 15.3. The summed E-state index contributed by atoms with van der Waals surface area (Å²) in [6.07, 6.45) is 6.13. The molecular formula is C28H38BN3O5. The van der Waals surface area contributed by atoms with Crippen LogP contribution in [0.25, 0.3) is 11.0 Å². The molecule has 0 saturated carbocycles. The Balaban J connectivity index is 1.41. The van der Waals surface area contributed by atoms with Gasteiger partial charge in [0.15, 0.2) is 0 Å². The fraction of sp³-hybridized carbons (Fsp3) is 0.429. The molecule has 0 aliphatic rings. The summed E-state index contributed by atoms with van der Waals surface area (Å²) in [5.74, 6) is 0.276. The van der Waals surface area contributed by atoms with Crippen molar-refractivity contribution in [3.8, 4) is 5.75 Å². The zero-order valence-electron chi connectivity index (χ0n) is 22.0. The van der Waals surface area contributed by atoms with Crippen molar-refractivity contribution in [2.24, 2.45) is 10.2 Å². The molecule has 0 radical (unpaired) electrons. The lowest BCUT2D eigenvalue weighted by Crippen LogP contribution is -2.46. The third-order valence-corrected chi connectivity index (χ3v) is 6.28. The fourth-order valence-electron chi connectivity index (χ4n) is 3.98. The maximum absolute atomic E-state index is 9.80. The highest BCUT2D eigenvalue weighted by Crippen LogP contribution is 2.22. The number of benzene rings is 2. The number of para-hydroxylation sites is 1. The molecule has 0 amide bonds. The summed E-state index contributed by atoms with van der Waals surface area (Å²) in [5.41, 5.74) is 4.96. The highest BCUT2D eigenvalue weighted by Gasteiger charge is 2.24. The van der Waals surface area contributed by atoms with Gasteiger partial charge in [0.1, 0.15) is 11.3 Å². The minimum atomic E-state index is -1.51. The Morgan fingerprint density at radius 2 is 1.76 bits per heavy atom. The van der Waals surface area contributed by atoms with E-state index in [-0.39, 0.29) is 6.73 Å². The second-order valence-corrected chi connectivity index (χ2v) is 8.91. The van der Waals surface area contributed by atoms with Crippen molar-refractivity contribution in [3.63, 3.8) is 0 Å². The van der Waals surface area contributed by atoms with Crippen LogP contribution in [0, 0.1) is 0 Å². The van der Waals surface area contributed by atoms with Gasteiger partial charge in [-0.3, -0.25) is 5.32 Å². The van der Waals surface area contributed by atoms with Crippen molar-refractivity contribution < 1.29 is 23.9 Å². The predicted molar refractivity (Wildman–Crippen MR) is 149 cm³/mol. The van der Waals surface area contributed by atoms with Crippen LogP contribution in [0.5, 0.6) is 5.75 Å². The lowest BCUT2D eigenvalue weighted by molar-refractivity contribution is 0.110. The molecule has 3 N–H and O–H groups in total. The van der Waals surface area contributed by atoms with E-state index in [0.717, 1.165) is 65.8 Å². The molecule has 1 unspecified atom stereocenters. The van der Waals surface area contributed by atoms with E-state index in [1.165, 1.54) is 5.56 Å². The van der Waals surface area contributed by atoms with Crippen molar-refractivity contribution in [2.75, 3.05) is 20.4 Å². The van der Waals surface area contributed by atoms with Gasteiger partial charge in [-0.15, -0.1) is 0 Å². The molecule has 0 bridgehead atoms. The average Bonchev–Trinajstić information content (AvgIpc) is 3.33. The predicted octanol–water partition coefficient (Wildman–Crippen LogP) is 4.57. The number of fused-ring (bicyclic) bond motifs is 1. The summed E-state index contributed by atoms with van der Waals surface area (Å²) in [6.45, 7) is 4.93. The van der Waals surface area contributed by atoms with Crippen LogP contribution in [0.1, 0.15) is 50.7 Å². The Morgan fingerprint density at radius 1 is 1.03 bits per heavy atom. The van der Waals surface area contributed by atoms with Crippen LogP contribution in [0.3, 0.4) is 0 Å². The lowest BCUT2D eigenvalue weighted by atomic mass is 9.76. The molecule has 198 valence electrons. The van der Waals surface area contributed by atoms with E-state index in [9.17, 15) is 10.0 Å². The Bertz CT molecular complexity index is 1140. The number of hydrogen-bond acceptors (Lipinski definition) is 8. The molecule has 3 aromatic rings. The molecule has 0 spiro atoms. The topological polar surface area (TPSA) is 109 Å². The number of nitrogens with zero attached hydrogens (tertiary/aromatic N) is 2. The molecule has 2 aromatic carbocycles. The number of nitrogens with one attached hydrogen (secondary N) is 1. The van der Waals surface area contributed by atoms with Crippen LogP contribution in [-0.4, -0.2) is 55.0 Å². The summed E-state index contributed by atoms with van der Waals surface area (Å²) in [4.78, 5) is 0. The summed E-state index contributed by atoms with van der Waals surface area (Å²) in [7, 11) is 0.150. The van der Waals surface area contributed by atoms with Crippen molar-refractivity contribution >= 4 is 29.5 Å². The maximum Gasteiger partial charge on any atom is 0.470 e. The first-order valence-electron chi connectivity index (χ1n) is 12.9. The minimum absolute atomic E-state index is 0.219. The molecule has 8 nitrogen and oxygen atoms in total. The molecule has 1 aromatic heterocycles. The SMILES string of the molecule is CCC(Cc1ccc(OC)cc1)=N/N=C(/CC)CCCOCNC(Cc1coc2ccccc12)B(O)O. The summed E-state index contributed by atoms with van der Waals surface area (Å²) in [5, 5.41) is 32.7. The molecule has 1 atom stereocenters. The quantitative estimate of drug-likeness (QED) is 0.0862. The Hall–Kier alpha value is -2.98. The van der Waals surface area contributed by atoms with Gasteiger partial charge in [-0.25, -0.2) is 0 Å². The number of rotatable bonds is 16. The first-order valence-corrected chi connectivity index (χ1v) is 12.9. The van der Waals surface area contributed by atoms with Gasteiger partial charge in [-0.05, 0) is 61.4 Å². The van der Waals surface area contributed by atoms with Crippen LogP contribution >= 0.6 is 0 Å². The van der Waals surface area contributed by atoms with Crippen molar-refractivity contribution in [1.82, 2.24) is 5.32 Å². The molecular weight excluding hydrogens is 469 g/mol. The van der Waals surface area contributed by atoms with Gasteiger partial charge in [0, 0.05) is 35.8 Å². The molecule has 1 heterocycles. The third kappa shape index (κ3) is 9.12. The van der Waals surface area contributed by atoms with Crippen LogP contribution in [0.4, 0.5) is 0 Å². The second-order valence-electron chi connectivity index (χ2n) is 8.91. The van der Waals surface area contributed by atoms with E-state index >= 15 is 0 Å². The number of furan rings is 1. The average molecular weight is 507 g/mol. The fourth-order valence-corrected chi connectivity index (χ4v) is 3.98. The molecule has 0 aliphatic carbocycles. The molecule has 9 heteroatoms. The highest BCUT2D eigenvalue weighted by molar-refractivity contribution is 6.43. The summed E-state index contributed by atoms with van der Waals surface area (Å²) < 4.78 is 16.5. The Labute approximate surface area is 219 Å². The maximum atomic E-state index is 9.80. The van der Waals surface area contributed by atoms with Gasteiger partial charge in [0.25, 0.3) is 0 Å². The van der Waals surface area contributed by atoms with E-state index in [1.54, 1.807) is 13.4 Å². The smallest absolute Gasteiger partial charge is 0.470 e. The number of hydrogen-bond donors (Lipinski definition) is 3. The van der Waals surface area contributed by atoms with Crippen LogP contribution in [0.15, 0.2) is 69.4 Å². The first kappa shape index (κ1) is 28.6. The molecule has 0 fully saturated rings. The standard InChI is InChI=1S/C28H38BN3O5/c1-4-23(31-32-24(5-2)17-21-12-14-25(35-3)15-13-21)9-8-16-36-20-30-28(29(33)34)18-22-19-37-27-11-7-6-10-26(22)27/h6-7,10-15,19,28,30,33-34H,4-5,8-9,16-18,20H2,1-3H3/b31-23-,32-24?. The molecule has 37 heavy (non-hydrogen) atoms. The molecule has 0 aliphatic heterocycles. The minimum Gasteiger partial charge on any atom is -0.497 e. The lowest BCUT2D eigenvalue weighted by Gasteiger charge is -2.17. The van der Waals surface area contributed by atoms with Crippen LogP contribution in [-0.2, 0) is 17.6 Å². The van der Waals surface area contributed by atoms with Gasteiger partial charge in [-0.2, -0.15) is 10.2 Å². The van der Waals surface area contributed by atoms with Crippen LogP contribution < -0.4 is 10.1 Å². The summed E-state index contributed by atoms with van der Waals surface area (Å²) in [6, 6.07) is 15.7. The monoisotopic (exact) mass is 507 g/mol. The van der Waals surface area contributed by atoms with Crippen molar-refractivity contribution in [1.29, 1.82) is 0 Å². The van der Waals surface area contributed by atoms with Gasteiger partial charge in [0.2, 0.25) is 0 Å². The largest absolute Gasteiger partial charge is 0.497 e. The van der Waals surface area contributed by atoms with Gasteiger partial charge in [-0.1, -0.05) is 44.2 Å². The van der Waals surface area contributed by atoms with Crippen LogP contribution in [0.2, 0.25) is 0 Å². The Kier molecular flexibility index (Phi) is 11.8. The zero-order valence-corrected chi connectivity index (χ0v) is 22.0. The van der Waals surface area contributed by atoms with E-state index in [2.05, 4.69) is 41.5 Å². The third-order valence-electron chi connectivity index (χ3n) is 6.28. The Morgan fingerprint density at radius 3 is 2.46 bits per heavy atom. The van der Waals surface area contributed by atoms with E-state index in [1.807, 2.05) is 36.4 Å². The van der Waals surface area contributed by atoms with E-state index in [0.29, 0.717) is 13.0 Å². The number of methoxy groups -OCH3 is 1.